The SMILES string of the molecule is CC(=O)OC(C(=O)Nc1cccc2cc(C(=O)Nc3ccc(Cl)cc3-c3noc(=O)[nH]3)[nH]c12)c1ccccc1. The van der Waals surface area contributed by atoms with E-state index in [0.29, 0.717) is 38.4 Å². The minimum Gasteiger partial charge on any atom is -0.447 e. The molecule has 2 amide bonds. The van der Waals surface area contributed by atoms with Crippen LogP contribution in [0.2, 0.25) is 5.02 Å². The molecular weight excluding hydrogens is 526 g/mol. The number of fused-ring (bicyclic) bond motifs is 1. The Balaban J connectivity index is 1.42. The van der Waals surface area contributed by atoms with E-state index in [9.17, 15) is 19.2 Å². The number of anilines is 2. The second kappa shape index (κ2) is 10.7. The lowest BCUT2D eigenvalue weighted by molar-refractivity contribution is -0.152. The Morgan fingerprint density at radius 1 is 0.949 bits per heavy atom. The molecule has 1 atom stereocenters. The second-order valence-electron chi connectivity index (χ2n) is 8.43. The summed E-state index contributed by atoms with van der Waals surface area (Å²) in [6.07, 6.45) is -1.16. The third kappa shape index (κ3) is 5.58. The van der Waals surface area contributed by atoms with Gasteiger partial charge in [-0.2, -0.15) is 0 Å². The van der Waals surface area contributed by atoms with Crippen molar-refractivity contribution in [2.24, 2.45) is 0 Å². The Labute approximate surface area is 225 Å². The number of aromatic amines is 2. The van der Waals surface area contributed by atoms with E-state index in [1.807, 2.05) is 0 Å². The van der Waals surface area contributed by atoms with Crippen LogP contribution in [-0.4, -0.2) is 32.9 Å². The van der Waals surface area contributed by atoms with Gasteiger partial charge in [-0.1, -0.05) is 59.2 Å². The van der Waals surface area contributed by atoms with Crippen LogP contribution in [0, 0.1) is 0 Å². The number of ether oxygens (including phenoxy) is 1. The molecule has 0 radical (unpaired) electrons. The number of halogens is 1. The van der Waals surface area contributed by atoms with Crippen molar-refractivity contribution in [2.45, 2.75) is 13.0 Å². The summed E-state index contributed by atoms with van der Waals surface area (Å²) < 4.78 is 9.85. The van der Waals surface area contributed by atoms with Gasteiger partial charge in [-0.25, -0.2) is 4.79 Å². The zero-order valence-electron chi connectivity index (χ0n) is 20.3. The van der Waals surface area contributed by atoms with Gasteiger partial charge in [0, 0.05) is 28.5 Å². The molecule has 5 aromatic rings. The molecule has 11 nitrogen and oxygen atoms in total. The van der Waals surface area contributed by atoms with Crippen LogP contribution in [0.25, 0.3) is 22.3 Å². The predicted octanol–water partition coefficient (Wildman–Crippen LogP) is 4.66. The lowest BCUT2D eigenvalue weighted by Crippen LogP contribution is -2.25. The van der Waals surface area contributed by atoms with Gasteiger partial charge in [0.15, 0.2) is 5.82 Å². The Kier molecular flexibility index (Phi) is 6.98. The van der Waals surface area contributed by atoms with Gasteiger partial charge in [-0.05, 0) is 30.3 Å². The molecule has 0 spiro atoms. The first-order valence-electron chi connectivity index (χ1n) is 11.6. The maximum atomic E-state index is 13.2. The number of carbonyl (C=O) groups is 3. The van der Waals surface area contributed by atoms with Crippen LogP contribution < -0.4 is 16.4 Å². The molecule has 2 heterocycles. The van der Waals surface area contributed by atoms with Gasteiger partial charge in [0.05, 0.1) is 16.9 Å². The number of hydrogen-bond acceptors (Lipinski definition) is 7. The molecule has 2 aromatic heterocycles. The van der Waals surface area contributed by atoms with Crippen molar-refractivity contribution in [3.63, 3.8) is 0 Å². The molecule has 0 aliphatic rings. The first-order valence-corrected chi connectivity index (χ1v) is 12.0. The van der Waals surface area contributed by atoms with Crippen LogP contribution in [0.4, 0.5) is 11.4 Å². The van der Waals surface area contributed by atoms with E-state index in [4.69, 9.17) is 16.3 Å². The average molecular weight is 546 g/mol. The van der Waals surface area contributed by atoms with Crippen molar-refractivity contribution in [3.8, 4) is 11.4 Å². The van der Waals surface area contributed by atoms with Gasteiger partial charge in [0.25, 0.3) is 11.8 Å². The smallest absolute Gasteiger partial charge is 0.439 e. The predicted molar refractivity (Wildman–Crippen MR) is 143 cm³/mol. The molecular formula is C27H20ClN5O6. The van der Waals surface area contributed by atoms with Crippen molar-refractivity contribution >= 4 is 51.7 Å². The van der Waals surface area contributed by atoms with E-state index in [1.54, 1.807) is 66.7 Å². The highest BCUT2D eigenvalue weighted by Gasteiger charge is 2.25. The summed E-state index contributed by atoms with van der Waals surface area (Å²) in [5.74, 6) is -2.32. The van der Waals surface area contributed by atoms with E-state index in [2.05, 4.69) is 30.3 Å². The molecule has 0 bridgehead atoms. The third-order valence-electron chi connectivity index (χ3n) is 5.71. The summed E-state index contributed by atoms with van der Waals surface area (Å²) in [6.45, 7) is 1.23. The number of amides is 2. The number of esters is 1. The van der Waals surface area contributed by atoms with Crippen LogP contribution >= 0.6 is 11.6 Å². The third-order valence-corrected chi connectivity index (χ3v) is 5.94. The zero-order chi connectivity index (χ0) is 27.5. The van der Waals surface area contributed by atoms with Gasteiger partial charge in [0.2, 0.25) is 6.10 Å². The zero-order valence-corrected chi connectivity index (χ0v) is 21.0. The van der Waals surface area contributed by atoms with Crippen LogP contribution in [0.15, 0.2) is 82.1 Å². The summed E-state index contributed by atoms with van der Waals surface area (Å²) in [7, 11) is 0. The van der Waals surface area contributed by atoms with Gasteiger partial charge in [-0.15, -0.1) is 0 Å². The molecule has 3 aromatic carbocycles. The number of carbonyl (C=O) groups excluding carboxylic acids is 3. The standard InChI is InChI=1S/C27H20ClN5O6/c1-14(34)38-23(15-6-3-2-4-7-15)26(36)31-20-9-5-8-16-12-21(29-22(16)20)25(35)30-19-11-10-17(28)13-18(19)24-32-27(37)39-33-24/h2-13,23,29H,1H3,(H,30,35)(H,31,36)(H,32,33,37). The van der Waals surface area contributed by atoms with Crippen molar-refractivity contribution in [3.05, 3.63) is 99.6 Å². The number of para-hydroxylation sites is 1. The van der Waals surface area contributed by atoms with E-state index in [0.717, 1.165) is 0 Å². The van der Waals surface area contributed by atoms with E-state index in [-0.39, 0.29) is 11.5 Å². The van der Waals surface area contributed by atoms with E-state index in [1.165, 1.54) is 13.0 Å². The number of rotatable bonds is 7. The number of benzene rings is 3. The molecule has 0 saturated heterocycles. The molecule has 1 unspecified atom stereocenters. The lowest BCUT2D eigenvalue weighted by atomic mass is 10.1. The van der Waals surface area contributed by atoms with Crippen molar-refractivity contribution < 1.29 is 23.6 Å². The van der Waals surface area contributed by atoms with Gasteiger partial charge in [-0.3, -0.25) is 23.9 Å². The number of H-pyrrole nitrogens is 2. The molecule has 0 aliphatic heterocycles. The number of aromatic nitrogens is 3. The van der Waals surface area contributed by atoms with Gasteiger partial charge >= 0.3 is 11.7 Å². The fraction of sp³-hybridized carbons (Fsp3) is 0.0741. The first kappa shape index (κ1) is 25.5. The van der Waals surface area contributed by atoms with Crippen LogP contribution in [0.3, 0.4) is 0 Å². The van der Waals surface area contributed by atoms with Crippen LogP contribution in [0.1, 0.15) is 29.1 Å². The summed E-state index contributed by atoms with van der Waals surface area (Å²) in [4.78, 5) is 54.9. The molecule has 196 valence electrons. The molecule has 39 heavy (non-hydrogen) atoms. The summed E-state index contributed by atoms with van der Waals surface area (Å²) >= 11 is 6.10. The number of nitrogens with one attached hydrogen (secondary N) is 4. The highest BCUT2D eigenvalue weighted by molar-refractivity contribution is 6.31. The van der Waals surface area contributed by atoms with Crippen LogP contribution in [-0.2, 0) is 14.3 Å². The molecule has 12 heteroatoms. The average Bonchev–Trinajstić information content (AvgIpc) is 3.56. The maximum Gasteiger partial charge on any atom is 0.439 e. The topological polar surface area (TPSA) is 159 Å². The molecule has 4 N–H and O–H groups in total. The molecule has 0 aliphatic carbocycles. The van der Waals surface area contributed by atoms with Gasteiger partial charge < -0.3 is 20.4 Å². The summed E-state index contributed by atoms with van der Waals surface area (Å²) in [5.41, 5.74) is 2.26. The Morgan fingerprint density at radius 2 is 1.74 bits per heavy atom. The Hall–Kier alpha value is -5.16. The Morgan fingerprint density at radius 3 is 2.46 bits per heavy atom. The minimum atomic E-state index is -1.16. The normalized spacial score (nSPS) is 11.6. The second-order valence-corrected chi connectivity index (χ2v) is 8.87. The van der Waals surface area contributed by atoms with Crippen LogP contribution in [0.5, 0.6) is 0 Å². The number of hydrogen-bond donors (Lipinski definition) is 4. The van der Waals surface area contributed by atoms with E-state index < -0.39 is 29.6 Å². The monoisotopic (exact) mass is 545 g/mol. The molecule has 0 fully saturated rings. The highest BCUT2D eigenvalue weighted by atomic mass is 35.5. The first-order chi connectivity index (χ1) is 18.8. The highest BCUT2D eigenvalue weighted by Crippen LogP contribution is 2.30. The lowest BCUT2D eigenvalue weighted by Gasteiger charge is -2.17. The molecule has 5 rings (SSSR count). The number of nitrogens with zero attached hydrogens (tertiary/aromatic N) is 1. The minimum absolute atomic E-state index is 0.0974. The summed E-state index contributed by atoms with van der Waals surface area (Å²) in [6, 6.07) is 20.1. The summed E-state index contributed by atoms with van der Waals surface area (Å²) in [5, 5.41) is 10.2. The fourth-order valence-electron chi connectivity index (χ4n) is 4.00. The van der Waals surface area contributed by atoms with Crippen molar-refractivity contribution in [2.75, 3.05) is 10.6 Å². The quantitative estimate of drug-likeness (QED) is 0.216. The maximum absolute atomic E-state index is 13.2. The Bertz CT molecular complexity index is 1760. The molecule has 0 saturated carbocycles. The van der Waals surface area contributed by atoms with Gasteiger partial charge in [0.1, 0.15) is 5.69 Å². The fourth-order valence-corrected chi connectivity index (χ4v) is 4.18. The largest absolute Gasteiger partial charge is 0.447 e. The van der Waals surface area contributed by atoms with Crippen molar-refractivity contribution in [1.29, 1.82) is 0 Å². The van der Waals surface area contributed by atoms with Crippen molar-refractivity contribution in [1.82, 2.24) is 15.1 Å². The van der Waals surface area contributed by atoms with E-state index >= 15 is 0 Å².